The Balaban J connectivity index is 1.45. The van der Waals surface area contributed by atoms with E-state index in [1.165, 1.54) is 0 Å². The van der Waals surface area contributed by atoms with Crippen molar-refractivity contribution in [2.45, 2.75) is 33.2 Å². The molecule has 27 heavy (non-hydrogen) atoms. The fourth-order valence-corrected chi connectivity index (χ4v) is 3.36. The Morgan fingerprint density at radius 2 is 1.96 bits per heavy atom. The second-order valence-electron chi connectivity index (χ2n) is 7.23. The van der Waals surface area contributed by atoms with E-state index in [-0.39, 0.29) is 12.7 Å². The maximum atomic E-state index is 12.8. The molecule has 0 unspecified atom stereocenters. The molecule has 1 saturated heterocycles. The fraction of sp³-hybridized carbons (Fsp3) is 0.450. The molecule has 3 heterocycles. The molecule has 0 atom stereocenters. The highest BCUT2D eigenvalue weighted by molar-refractivity contribution is 5.92. The number of anilines is 1. The van der Waals surface area contributed by atoms with Crippen molar-refractivity contribution in [3.8, 4) is 11.5 Å². The molecule has 1 amide bonds. The number of carbonyl (C=O) groups is 1. The smallest absolute Gasteiger partial charge is 0.272 e. The number of aromatic nitrogens is 2. The summed E-state index contributed by atoms with van der Waals surface area (Å²) in [5, 5.41) is 3.21. The number of amides is 1. The van der Waals surface area contributed by atoms with Gasteiger partial charge in [-0.2, -0.15) is 0 Å². The average Bonchev–Trinajstić information content (AvgIpc) is 3.14. The molecule has 7 nitrogen and oxygen atoms in total. The van der Waals surface area contributed by atoms with Crippen LogP contribution in [0.5, 0.6) is 11.5 Å². The average molecular weight is 368 g/mol. The highest BCUT2D eigenvalue weighted by Crippen LogP contribution is 2.32. The highest BCUT2D eigenvalue weighted by atomic mass is 16.7. The first-order valence-electron chi connectivity index (χ1n) is 9.36. The van der Waals surface area contributed by atoms with Gasteiger partial charge in [0.2, 0.25) is 12.7 Å². The van der Waals surface area contributed by atoms with E-state index in [4.69, 9.17) is 9.47 Å². The van der Waals surface area contributed by atoms with E-state index in [0.29, 0.717) is 24.1 Å². The van der Waals surface area contributed by atoms with Crippen LogP contribution in [0.15, 0.2) is 24.3 Å². The van der Waals surface area contributed by atoms with Crippen LogP contribution in [0.1, 0.15) is 41.5 Å². The summed E-state index contributed by atoms with van der Waals surface area (Å²) in [5.41, 5.74) is 2.25. The number of hydrogen-bond donors (Lipinski definition) is 1. The quantitative estimate of drug-likeness (QED) is 0.894. The number of fused-ring (bicyclic) bond motifs is 1. The van der Waals surface area contributed by atoms with Crippen molar-refractivity contribution in [2.75, 3.05) is 25.2 Å². The number of carbonyl (C=O) groups excluding carboxylic acids is 1. The Kier molecular flexibility index (Phi) is 4.83. The van der Waals surface area contributed by atoms with E-state index in [1.54, 1.807) is 6.07 Å². The molecular weight excluding hydrogens is 344 g/mol. The Morgan fingerprint density at radius 3 is 2.78 bits per heavy atom. The summed E-state index contributed by atoms with van der Waals surface area (Å²) < 4.78 is 10.7. The van der Waals surface area contributed by atoms with Crippen molar-refractivity contribution in [2.24, 2.45) is 5.92 Å². The highest BCUT2D eigenvalue weighted by Gasteiger charge is 2.23. The molecule has 0 aliphatic carbocycles. The van der Waals surface area contributed by atoms with Gasteiger partial charge in [0, 0.05) is 25.3 Å². The van der Waals surface area contributed by atoms with Crippen LogP contribution in [0.2, 0.25) is 0 Å². The number of nitrogens with zero attached hydrogens (tertiary/aromatic N) is 3. The van der Waals surface area contributed by atoms with Crippen molar-refractivity contribution in [3.63, 3.8) is 0 Å². The van der Waals surface area contributed by atoms with Crippen LogP contribution in [0, 0.1) is 12.8 Å². The lowest BCUT2D eigenvalue weighted by molar-refractivity contribution is 0.0691. The van der Waals surface area contributed by atoms with E-state index in [9.17, 15) is 4.79 Å². The lowest BCUT2D eigenvalue weighted by Crippen LogP contribution is -2.38. The van der Waals surface area contributed by atoms with Gasteiger partial charge < -0.3 is 19.7 Å². The number of nitrogens with one attached hydrogen (secondary N) is 1. The van der Waals surface area contributed by atoms with Gasteiger partial charge in [0.15, 0.2) is 11.5 Å². The Morgan fingerprint density at radius 1 is 1.19 bits per heavy atom. The minimum Gasteiger partial charge on any atom is -0.454 e. The van der Waals surface area contributed by atoms with Crippen LogP contribution in [-0.4, -0.2) is 40.7 Å². The van der Waals surface area contributed by atoms with Crippen molar-refractivity contribution in [1.29, 1.82) is 0 Å². The first-order valence-corrected chi connectivity index (χ1v) is 9.36. The standard InChI is InChI=1S/C20H24N4O3/c1-13-5-7-24(8-6-13)19(25)16-9-14(2)22-20(23-16)21-11-15-3-4-17-18(10-15)27-12-26-17/h3-4,9-10,13H,5-8,11-12H2,1-2H3,(H,21,22,23). The summed E-state index contributed by atoms with van der Waals surface area (Å²) in [5.74, 6) is 2.63. The minimum absolute atomic E-state index is 0.0153. The van der Waals surface area contributed by atoms with Crippen LogP contribution in [-0.2, 0) is 6.54 Å². The number of hydrogen-bond acceptors (Lipinski definition) is 6. The van der Waals surface area contributed by atoms with Crippen LogP contribution in [0.25, 0.3) is 0 Å². The number of aryl methyl sites for hydroxylation is 1. The summed E-state index contributed by atoms with van der Waals surface area (Å²) in [6.45, 7) is 6.49. The number of likely N-dealkylation sites (tertiary alicyclic amines) is 1. The summed E-state index contributed by atoms with van der Waals surface area (Å²) >= 11 is 0. The topological polar surface area (TPSA) is 76.6 Å². The number of ether oxygens (including phenoxy) is 2. The van der Waals surface area contributed by atoms with E-state index in [2.05, 4.69) is 22.2 Å². The second-order valence-corrected chi connectivity index (χ2v) is 7.23. The van der Waals surface area contributed by atoms with E-state index < -0.39 is 0 Å². The monoisotopic (exact) mass is 368 g/mol. The zero-order valence-corrected chi connectivity index (χ0v) is 15.7. The van der Waals surface area contributed by atoms with E-state index >= 15 is 0 Å². The van der Waals surface area contributed by atoms with Crippen LogP contribution >= 0.6 is 0 Å². The minimum atomic E-state index is -0.0153. The van der Waals surface area contributed by atoms with E-state index in [0.717, 1.165) is 48.7 Å². The largest absolute Gasteiger partial charge is 0.454 e. The fourth-order valence-electron chi connectivity index (χ4n) is 3.36. The Hall–Kier alpha value is -2.83. The number of benzene rings is 1. The molecular formula is C20H24N4O3. The van der Waals surface area contributed by atoms with Crippen LogP contribution < -0.4 is 14.8 Å². The van der Waals surface area contributed by atoms with Gasteiger partial charge in [0.05, 0.1) is 0 Å². The SMILES string of the molecule is Cc1cc(C(=O)N2CCC(C)CC2)nc(NCc2ccc3c(c2)OCO3)n1. The zero-order chi connectivity index (χ0) is 18.8. The molecule has 0 saturated carbocycles. The molecule has 2 aliphatic rings. The third-order valence-electron chi connectivity index (χ3n) is 5.03. The number of rotatable bonds is 4. The summed E-state index contributed by atoms with van der Waals surface area (Å²) in [4.78, 5) is 23.5. The molecule has 0 radical (unpaired) electrons. The van der Waals surface area contributed by atoms with Crippen molar-refractivity contribution < 1.29 is 14.3 Å². The van der Waals surface area contributed by atoms with Gasteiger partial charge >= 0.3 is 0 Å². The predicted molar refractivity (Wildman–Crippen MR) is 101 cm³/mol. The predicted octanol–water partition coefficient (Wildman–Crippen LogP) is 3.00. The Bertz CT molecular complexity index is 847. The Labute approximate surface area is 158 Å². The molecule has 1 fully saturated rings. The van der Waals surface area contributed by atoms with Gasteiger partial charge in [0.25, 0.3) is 5.91 Å². The first kappa shape index (κ1) is 17.6. The third kappa shape index (κ3) is 3.97. The molecule has 1 aromatic carbocycles. The maximum Gasteiger partial charge on any atom is 0.272 e. The molecule has 2 aliphatic heterocycles. The van der Waals surface area contributed by atoms with Crippen molar-refractivity contribution >= 4 is 11.9 Å². The molecule has 4 rings (SSSR count). The van der Waals surface area contributed by atoms with E-state index in [1.807, 2.05) is 30.0 Å². The molecule has 2 aromatic rings. The second kappa shape index (κ2) is 7.42. The first-order chi connectivity index (χ1) is 13.1. The molecule has 1 N–H and O–H groups in total. The summed E-state index contributed by atoms with van der Waals surface area (Å²) in [6.07, 6.45) is 2.09. The molecule has 1 aromatic heterocycles. The molecule has 142 valence electrons. The van der Waals surface area contributed by atoms with Gasteiger partial charge in [-0.25, -0.2) is 9.97 Å². The van der Waals surface area contributed by atoms with Gasteiger partial charge in [0.1, 0.15) is 5.69 Å². The van der Waals surface area contributed by atoms with Crippen molar-refractivity contribution in [1.82, 2.24) is 14.9 Å². The normalized spacial score (nSPS) is 16.4. The van der Waals surface area contributed by atoms with Gasteiger partial charge in [-0.1, -0.05) is 13.0 Å². The molecule has 0 spiro atoms. The van der Waals surface area contributed by atoms with Gasteiger partial charge in [-0.3, -0.25) is 4.79 Å². The van der Waals surface area contributed by atoms with Gasteiger partial charge in [-0.15, -0.1) is 0 Å². The lowest BCUT2D eigenvalue weighted by Gasteiger charge is -2.30. The maximum absolute atomic E-state index is 12.8. The number of piperidine rings is 1. The molecule has 7 heteroatoms. The van der Waals surface area contributed by atoms with Gasteiger partial charge in [-0.05, 0) is 49.4 Å². The van der Waals surface area contributed by atoms with Crippen LogP contribution in [0.3, 0.4) is 0 Å². The zero-order valence-electron chi connectivity index (χ0n) is 15.7. The summed E-state index contributed by atoms with van der Waals surface area (Å²) in [7, 11) is 0. The molecule has 0 bridgehead atoms. The van der Waals surface area contributed by atoms with Crippen molar-refractivity contribution in [3.05, 3.63) is 41.2 Å². The van der Waals surface area contributed by atoms with Crippen LogP contribution in [0.4, 0.5) is 5.95 Å². The third-order valence-corrected chi connectivity index (χ3v) is 5.03. The lowest BCUT2D eigenvalue weighted by atomic mass is 9.99. The summed E-state index contributed by atoms with van der Waals surface area (Å²) in [6, 6.07) is 7.55.